The largest absolute Gasteiger partial charge is 0.496 e. The maximum absolute atomic E-state index is 6.04. The fourth-order valence-electron chi connectivity index (χ4n) is 1.54. The smallest absolute Gasteiger partial charge is 0.123 e. The van der Waals surface area contributed by atoms with Crippen LogP contribution in [0.3, 0.4) is 0 Å². The van der Waals surface area contributed by atoms with Crippen molar-refractivity contribution in [1.29, 1.82) is 0 Å². The van der Waals surface area contributed by atoms with Crippen LogP contribution in [0.15, 0.2) is 24.3 Å². The molecule has 1 rings (SSSR count). The Kier molecular flexibility index (Phi) is 6.62. The van der Waals surface area contributed by atoms with Gasteiger partial charge >= 0.3 is 0 Å². The normalized spacial score (nSPS) is 12.4. The van der Waals surface area contributed by atoms with Crippen LogP contribution in [-0.4, -0.2) is 33.5 Å². The number of benzene rings is 1. The summed E-state index contributed by atoms with van der Waals surface area (Å²) in [6.45, 7) is 4.31. The summed E-state index contributed by atoms with van der Waals surface area (Å²) in [5.74, 6) is 0.799. The van der Waals surface area contributed by atoms with E-state index in [9.17, 15) is 0 Å². The molecule has 0 saturated heterocycles. The maximum atomic E-state index is 6.04. The molecule has 1 atom stereocenters. The van der Waals surface area contributed by atoms with Gasteiger partial charge in [0.1, 0.15) is 5.75 Å². The zero-order chi connectivity index (χ0) is 12.5. The molecule has 0 amide bonds. The summed E-state index contributed by atoms with van der Waals surface area (Å²) < 4.78 is 15.9. The molecule has 4 nitrogen and oxygen atoms in total. The van der Waals surface area contributed by atoms with Crippen LogP contribution < -0.4 is 10.5 Å². The van der Waals surface area contributed by atoms with E-state index in [0.717, 1.165) is 11.3 Å². The van der Waals surface area contributed by atoms with E-state index in [0.29, 0.717) is 26.4 Å². The Bertz CT molecular complexity index is 317. The fourth-order valence-corrected chi connectivity index (χ4v) is 1.54. The lowest BCUT2D eigenvalue weighted by atomic mass is 10.1. The van der Waals surface area contributed by atoms with Crippen LogP contribution in [0.2, 0.25) is 0 Å². The summed E-state index contributed by atoms with van der Waals surface area (Å²) >= 11 is 0. The predicted molar refractivity (Wildman–Crippen MR) is 67.2 cm³/mol. The lowest BCUT2D eigenvalue weighted by molar-refractivity contribution is 0.0471. The average Bonchev–Trinajstić information content (AvgIpc) is 2.38. The van der Waals surface area contributed by atoms with Gasteiger partial charge in [-0.2, -0.15) is 0 Å². The third kappa shape index (κ3) is 4.73. The quantitative estimate of drug-likeness (QED) is 0.702. The molecule has 0 aliphatic rings. The van der Waals surface area contributed by atoms with Crippen molar-refractivity contribution in [2.24, 2.45) is 5.73 Å². The number of para-hydroxylation sites is 1. The summed E-state index contributed by atoms with van der Waals surface area (Å²) in [7, 11) is 1.64. The van der Waals surface area contributed by atoms with E-state index in [1.165, 1.54) is 0 Å². The van der Waals surface area contributed by atoms with E-state index in [1.807, 2.05) is 31.2 Å². The second-order valence-electron chi connectivity index (χ2n) is 3.62. The molecule has 0 saturated carbocycles. The Morgan fingerprint density at radius 3 is 2.59 bits per heavy atom. The molecule has 0 aliphatic carbocycles. The molecule has 0 spiro atoms. The minimum Gasteiger partial charge on any atom is -0.496 e. The lowest BCUT2D eigenvalue weighted by Gasteiger charge is -2.15. The molecule has 0 bridgehead atoms. The number of nitrogens with two attached hydrogens (primary N) is 1. The van der Waals surface area contributed by atoms with Gasteiger partial charge in [-0.25, -0.2) is 0 Å². The first kappa shape index (κ1) is 14.0. The van der Waals surface area contributed by atoms with Gasteiger partial charge < -0.3 is 19.9 Å². The van der Waals surface area contributed by atoms with Crippen molar-refractivity contribution in [1.82, 2.24) is 0 Å². The zero-order valence-corrected chi connectivity index (χ0v) is 10.5. The minimum atomic E-state index is -0.173. The third-order valence-electron chi connectivity index (χ3n) is 2.41. The van der Waals surface area contributed by atoms with Crippen molar-refractivity contribution in [3.8, 4) is 5.75 Å². The molecule has 1 aromatic rings. The predicted octanol–water partition coefficient (Wildman–Crippen LogP) is 1.75. The Morgan fingerprint density at radius 1 is 1.18 bits per heavy atom. The second kappa shape index (κ2) is 8.06. The molecule has 0 fully saturated rings. The SMILES string of the molecule is CCOCCOCC(N)c1ccccc1OC. The van der Waals surface area contributed by atoms with E-state index in [2.05, 4.69) is 0 Å². The molecule has 2 N–H and O–H groups in total. The van der Waals surface area contributed by atoms with Gasteiger partial charge in [0.05, 0.1) is 33.0 Å². The highest BCUT2D eigenvalue weighted by atomic mass is 16.5. The van der Waals surface area contributed by atoms with Gasteiger partial charge in [0.25, 0.3) is 0 Å². The average molecular weight is 239 g/mol. The van der Waals surface area contributed by atoms with Crippen LogP contribution in [-0.2, 0) is 9.47 Å². The first-order valence-electron chi connectivity index (χ1n) is 5.83. The highest BCUT2D eigenvalue weighted by Crippen LogP contribution is 2.23. The number of hydrogen-bond donors (Lipinski definition) is 1. The Labute approximate surface area is 103 Å². The van der Waals surface area contributed by atoms with Crippen LogP contribution in [0.5, 0.6) is 5.75 Å². The monoisotopic (exact) mass is 239 g/mol. The summed E-state index contributed by atoms with van der Waals surface area (Å²) in [6.07, 6.45) is 0. The molecular formula is C13H21NO3. The fraction of sp³-hybridized carbons (Fsp3) is 0.538. The topological polar surface area (TPSA) is 53.7 Å². The molecular weight excluding hydrogens is 218 g/mol. The van der Waals surface area contributed by atoms with Crippen molar-refractivity contribution >= 4 is 0 Å². The van der Waals surface area contributed by atoms with E-state index in [-0.39, 0.29) is 6.04 Å². The lowest BCUT2D eigenvalue weighted by Crippen LogP contribution is -2.19. The highest BCUT2D eigenvalue weighted by molar-refractivity contribution is 5.35. The molecule has 0 heterocycles. The standard InChI is InChI=1S/C13H21NO3/c1-3-16-8-9-17-10-12(14)11-6-4-5-7-13(11)15-2/h4-7,12H,3,8-10,14H2,1-2H3. The minimum absolute atomic E-state index is 0.173. The molecule has 17 heavy (non-hydrogen) atoms. The van der Waals surface area contributed by atoms with Crippen molar-refractivity contribution in [2.45, 2.75) is 13.0 Å². The summed E-state index contributed by atoms with van der Waals surface area (Å²) in [6, 6.07) is 7.54. The third-order valence-corrected chi connectivity index (χ3v) is 2.41. The molecule has 4 heteroatoms. The van der Waals surface area contributed by atoms with Crippen molar-refractivity contribution in [2.75, 3.05) is 33.5 Å². The molecule has 1 aromatic carbocycles. The van der Waals surface area contributed by atoms with E-state index in [1.54, 1.807) is 7.11 Å². The van der Waals surface area contributed by atoms with Crippen LogP contribution in [0.25, 0.3) is 0 Å². The first-order chi connectivity index (χ1) is 8.29. The van der Waals surface area contributed by atoms with Gasteiger partial charge in [-0.05, 0) is 13.0 Å². The number of hydrogen-bond acceptors (Lipinski definition) is 4. The molecule has 0 aliphatic heterocycles. The Morgan fingerprint density at radius 2 is 1.88 bits per heavy atom. The van der Waals surface area contributed by atoms with E-state index >= 15 is 0 Å². The first-order valence-corrected chi connectivity index (χ1v) is 5.83. The summed E-state index contributed by atoms with van der Waals surface area (Å²) in [4.78, 5) is 0. The second-order valence-corrected chi connectivity index (χ2v) is 3.62. The highest BCUT2D eigenvalue weighted by Gasteiger charge is 2.10. The van der Waals surface area contributed by atoms with Crippen molar-refractivity contribution < 1.29 is 14.2 Å². The molecule has 96 valence electrons. The van der Waals surface area contributed by atoms with Crippen LogP contribution in [0, 0.1) is 0 Å². The van der Waals surface area contributed by atoms with Crippen molar-refractivity contribution in [3.05, 3.63) is 29.8 Å². The molecule has 1 unspecified atom stereocenters. The Hall–Kier alpha value is -1.10. The van der Waals surface area contributed by atoms with Gasteiger partial charge in [0, 0.05) is 12.2 Å². The van der Waals surface area contributed by atoms with Gasteiger partial charge in [-0.1, -0.05) is 18.2 Å². The zero-order valence-electron chi connectivity index (χ0n) is 10.5. The molecule has 0 aromatic heterocycles. The van der Waals surface area contributed by atoms with Gasteiger partial charge in [-0.3, -0.25) is 0 Å². The molecule has 0 radical (unpaired) electrons. The maximum Gasteiger partial charge on any atom is 0.123 e. The van der Waals surface area contributed by atoms with Gasteiger partial charge in [-0.15, -0.1) is 0 Å². The Balaban J connectivity index is 2.38. The van der Waals surface area contributed by atoms with Crippen LogP contribution in [0.1, 0.15) is 18.5 Å². The number of methoxy groups -OCH3 is 1. The van der Waals surface area contributed by atoms with Crippen LogP contribution in [0.4, 0.5) is 0 Å². The van der Waals surface area contributed by atoms with E-state index < -0.39 is 0 Å². The van der Waals surface area contributed by atoms with Crippen LogP contribution >= 0.6 is 0 Å². The van der Waals surface area contributed by atoms with Gasteiger partial charge in [0.15, 0.2) is 0 Å². The number of rotatable bonds is 8. The van der Waals surface area contributed by atoms with Gasteiger partial charge in [0.2, 0.25) is 0 Å². The van der Waals surface area contributed by atoms with Crippen molar-refractivity contribution in [3.63, 3.8) is 0 Å². The van der Waals surface area contributed by atoms with E-state index in [4.69, 9.17) is 19.9 Å². The summed E-state index contributed by atoms with van der Waals surface area (Å²) in [5.41, 5.74) is 7.00. The summed E-state index contributed by atoms with van der Waals surface area (Å²) in [5, 5.41) is 0. The number of ether oxygens (including phenoxy) is 3.